The molecule has 0 unspecified atom stereocenters. The summed E-state index contributed by atoms with van der Waals surface area (Å²) in [6, 6.07) is 14.3. The zero-order valence-corrected chi connectivity index (χ0v) is 12.1. The Morgan fingerprint density at radius 1 is 1.04 bits per heavy atom. The molecule has 0 atom stereocenters. The zero-order valence-electron chi connectivity index (χ0n) is 12.1. The van der Waals surface area contributed by atoms with Crippen molar-refractivity contribution in [1.29, 1.82) is 0 Å². The molecule has 0 bridgehead atoms. The number of non-ortho nitro benzene ring substituents is 1. The molecule has 0 aromatic heterocycles. The number of hydrogen-bond acceptors (Lipinski definition) is 5. The van der Waals surface area contributed by atoms with E-state index in [0.29, 0.717) is 6.54 Å². The Morgan fingerprint density at radius 2 is 1.70 bits per heavy atom. The number of nitro groups is 1. The van der Waals surface area contributed by atoms with Crippen LogP contribution in [0.2, 0.25) is 0 Å². The van der Waals surface area contributed by atoms with Gasteiger partial charge in [0.05, 0.1) is 10.5 Å². The highest BCUT2D eigenvalue weighted by molar-refractivity contribution is 5.91. The topological polar surface area (TPSA) is 98.5 Å². The smallest absolute Gasteiger partial charge is 0.338 e. The molecule has 0 spiro atoms. The van der Waals surface area contributed by atoms with Crippen LogP contribution in [0.25, 0.3) is 0 Å². The summed E-state index contributed by atoms with van der Waals surface area (Å²) in [4.78, 5) is 33.3. The standard InChI is InChI=1S/C16H14N2O5/c19-15(17-10-12-4-2-1-3-5-12)11-23-16(20)13-6-8-14(9-7-13)18(21)22/h1-9H,10-11H2,(H,17,19). The first-order valence-corrected chi connectivity index (χ1v) is 6.78. The summed E-state index contributed by atoms with van der Waals surface area (Å²) in [7, 11) is 0. The van der Waals surface area contributed by atoms with Gasteiger partial charge in [-0.05, 0) is 17.7 Å². The van der Waals surface area contributed by atoms with Crippen LogP contribution in [0.3, 0.4) is 0 Å². The number of nitro benzene ring substituents is 1. The molecule has 23 heavy (non-hydrogen) atoms. The lowest BCUT2D eigenvalue weighted by Crippen LogP contribution is -2.28. The van der Waals surface area contributed by atoms with Crippen LogP contribution in [0.1, 0.15) is 15.9 Å². The highest BCUT2D eigenvalue weighted by Gasteiger charge is 2.12. The van der Waals surface area contributed by atoms with Gasteiger partial charge >= 0.3 is 5.97 Å². The van der Waals surface area contributed by atoms with Gasteiger partial charge in [-0.3, -0.25) is 14.9 Å². The fourth-order valence-electron chi connectivity index (χ4n) is 1.78. The van der Waals surface area contributed by atoms with Crippen LogP contribution in [0, 0.1) is 10.1 Å². The van der Waals surface area contributed by atoms with Crippen LogP contribution >= 0.6 is 0 Å². The number of nitrogens with zero attached hydrogens (tertiary/aromatic N) is 1. The molecule has 0 saturated carbocycles. The Labute approximate surface area is 132 Å². The van der Waals surface area contributed by atoms with Crippen molar-refractivity contribution in [1.82, 2.24) is 5.32 Å². The lowest BCUT2D eigenvalue weighted by Gasteiger charge is -2.06. The summed E-state index contributed by atoms with van der Waals surface area (Å²) in [6.07, 6.45) is 0. The minimum absolute atomic E-state index is 0.123. The maximum absolute atomic E-state index is 11.7. The quantitative estimate of drug-likeness (QED) is 0.500. The monoisotopic (exact) mass is 314 g/mol. The number of carbonyl (C=O) groups excluding carboxylic acids is 2. The molecule has 0 radical (unpaired) electrons. The first kappa shape index (κ1) is 16.2. The van der Waals surface area contributed by atoms with Gasteiger partial charge in [-0.25, -0.2) is 4.79 Å². The molecule has 0 aliphatic heterocycles. The van der Waals surface area contributed by atoms with E-state index in [9.17, 15) is 19.7 Å². The van der Waals surface area contributed by atoms with Crippen molar-refractivity contribution >= 4 is 17.6 Å². The van der Waals surface area contributed by atoms with Crippen LogP contribution in [0.5, 0.6) is 0 Å². The van der Waals surface area contributed by atoms with Crippen molar-refractivity contribution in [3.05, 3.63) is 75.8 Å². The summed E-state index contributed by atoms with van der Waals surface area (Å²) in [5, 5.41) is 13.1. The second-order valence-electron chi connectivity index (χ2n) is 4.64. The van der Waals surface area contributed by atoms with Gasteiger partial charge in [0.1, 0.15) is 0 Å². The molecular formula is C16H14N2O5. The van der Waals surface area contributed by atoms with E-state index in [4.69, 9.17) is 4.74 Å². The largest absolute Gasteiger partial charge is 0.452 e. The average Bonchev–Trinajstić information content (AvgIpc) is 2.58. The number of carbonyl (C=O) groups is 2. The molecule has 7 nitrogen and oxygen atoms in total. The molecule has 0 aliphatic rings. The molecule has 7 heteroatoms. The Bertz CT molecular complexity index is 698. The normalized spacial score (nSPS) is 9.91. The summed E-state index contributed by atoms with van der Waals surface area (Å²) in [5.74, 6) is -1.14. The number of hydrogen-bond donors (Lipinski definition) is 1. The SMILES string of the molecule is O=C(COC(=O)c1ccc([N+](=O)[O-])cc1)NCc1ccccc1. The zero-order chi connectivity index (χ0) is 16.7. The van der Waals surface area contributed by atoms with E-state index in [1.807, 2.05) is 30.3 Å². The summed E-state index contributed by atoms with van der Waals surface area (Å²) < 4.78 is 4.86. The average molecular weight is 314 g/mol. The van der Waals surface area contributed by atoms with E-state index < -0.39 is 23.4 Å². The first-order chi connectivity index (χ1) is 11.1. The van der Waals surface area contributed by atoms with Crippen molar-refractivity contribution < 1.29 is 19.2 Å². The van der Waals surface area contributed by atoms with Crippen LogP contribution in [-0.4, -0.2) is 23.4 Å². The van der Waals surface area contributed by atoms with Crippen molar-refractivity contribution in [2.24, 2.45) is 0 Å². The van der Waals surface area contributed by atoms with Crippen LogP contribution in [0.4, 0.5) is 5.69 Å². The van der Waals surface area contributed by atoms with E-state index in [1.165, 1.54) is 24.3 Å². The molecule has 0 fully saturated rings. The third-order valence-corrected chi connectivity index (χ3v) is 2.98. The number of amides is 1. The van der Waals surface area contributed by atoms with E-state index in [-0.39, 0.29) is 11.3 Å². The van der Waals surface area contributed by atoms with Gasteiger partial charge in [-0.2, -0.15) is 0 Å². The molecule has 118 valence electrons. The minimum Gasteiger partial charge on any atom is -0.452 e. The van der Waals surface area contributed by atoms with Gasteiger partial charge in [0.25, 0.3) is 11.6 Å². The van der Waals surface area contributed by atoms with E-state index in [0.717, 1.165) is 5.56 Å². The molecule has 2 aromatic carbocycles. The predicted molar refractivity (Wildman–Crippen MR) is 81.7 cm³/mol. The molecule has 2 aromatic rings. The summed E-state index contributed by atoms with van der Waals surface area (Å²) >= 11 is 0. The summed E-state index contributed by atoms with van der Waals surface area (Å²) in [5.41, 5.74) is 0.955. The van der Waals surface area contributed by atoms with Crippen molar-refractivity contribution in [3.63, 3.8) is 0 Å². The lowest BCUT2D eigenvalue weighted by molar-refractivity contribution is -0.384. The minimum atomic E-state index is -0.713. The van der Waals surface area contributed by atoms with Gasteiger partial charge in [0.2, 0.25) is 0 Å². The number of nitrogens with one attached hydrogen (secondary N) is 1. The van der Waals surface area contributed by atoms with Crippen molar-refractivity contribution in [3.8, 4) is 0 Å². The fraction of sp³-hybridized carbons (Fsp3) is 0.125. The lowest BCUT2D eigenvalue weighted by atomic mass is 10.2. The third kappa shape index (κ3) is 4.92. The predicted octanol–water partition coefficient (Wildman–Crippen LogP) is 2.07. The van der Waals surface area contributed by atoms with Crippen molar-refractivity contribution in [2.45, 2.75) is 6.54 Å². The number of ether oxygens (including phenoxy) is 1. The number of esters is 1. The Kier molecular flexibility index (Phi) is 5.40. The molecular weight excluding hydrogens is 300 g/mol. The molecule has 2 rings (SSSR count). The second-order valence-corrected chi connectivity index (χ2v) is 4.64. The van der Waals surface area contributed by atoms with Crippen LogP contribution in [-0.2, 0) is 16.1 Å². The van der Waals surface area contributed by atoms with Gasteiger partial charge in [-0.15, -0.1) is 0 Å². The van der Waals surface area contributed by atoms with Gasteiger partial charge < -0.3 is 10.1 Å². The number of rotatable bonds is 6. The first-order valence-electron chi connectivity index (χ1n) is 6.78. The summed E-state index contributed by atoms with van der Waals surface area (Å²) in [6.45, 7) is -0.0720. The maximum atomic E-state index is 11.7. The van der Waals surface area contributed by atoms with E-state index in [1.54, 1.807) is 0 Å². The second kappa shape index (κ2) is 7.69. The molecule has 0 heterocycles. The highest BCUT2D eigenvalue weighted by atomic mass is 16.6. The maximum Gasteiger partial charge on any atom is 0.338 e. The van der Waals surface area contributed by atoms with E-state index in [2.05, 4.69) is 5.32 Å². The van der Waals surface area contributed by atoms with Crippen LogP contribution in [0.15, 0.2) is 54.6 Å². The Morgan fingerprint density at radius 3 is 2.30 bits per heavy atom. The van der Waals surface area contributed by atoms with Gasteiger partial charge in [-0.1, -0.05) is 30.3 Å². The van der Waals surface area contributed by atoms with Gasteiger partial charge in [0, 0.05) is 18.7 Å². The molecule has 1 amide bonds. The van der Waals surface area contributed by atoms with Crippen LogP contribution < -0.4 is 5.32 Å². The Balaban J connectivity index is 1.79. The Hall–Kier alpha value is -3.22. The third-order valence-electron chi connectivity index (χ3n) is 2.98. The van der Waals surface area contributed by atoms with E-state index >= 15 is 0 Å². The molecule has 0 saturated heterocycles. The molecule has 1 N–H and O–H groups in total. The molecule has 0 aliphatic carbocycles. The highest BCUT2D eigenvalue weighted by Crippen LogP contribution is 2.12. The number of benzene rings is 2. The van der Waals surface area contributed by atoms with Gasteiger partial charge in [0.15, 0.2) is 6.61 Å². The fourth-order valence-corrected chi connectivity index (χ4v) is 1.78. The van der Waals surface area contributed by atoms with Crippen molar-refractivity contribution in [2.75, 3.05) is 6.61 Å².